The van der Waals surface area contributed by atoms with Gasteiger partial charge in [-0.3, -0.25) is 9.11 Å². The van der Waals surface area contributed by atoms with Crippen molar-refractivity contribution in [1.82, 2.24) is 0 Å². The second-order valence-electron chi connectivity index (χ2n) is 10.3. The Bertz CT molecular complexity index is 2300. The molecule has 250 valence electrons. The minimum Gasteiger partial charge on any atom is -0.505 e. The summed E-state index contributed by atoms with van der Waals surface area (Å²) in [6.45, 7) is 2.12. The van der Waals surface area contributed by atoms with Crippen molar-refractivity contribution in [2.24, 2.45) is 20.5 Å². The number of hydrogen-bond donors (Lipinski definition) is 5. The Labute approximate surface area is 278 Å². The fraction of sp³-hybridized carbons (Fsp3) is 0.133. The number of phenols is 1. The van der Waals surface area contributed by atoms with Crippen molar-refractivity contribution in [2.75, 3.05) is 5.73 Å². The number of anilines is 1. The number of nitrogens with zero attached hydrogens (tertiary/aromatic N) is 4. The Hall–Kier alpha value is -4.53. The van der Waals surface area contributed by atoms with Crippen LogP contribution in [0.5, 0.6) is 5.75 Å². The minimum absolute atomic E-state index is 0.0239. The van der Waals surface area contributed by atoms with Crippen LogP contribution >= 0.6 is 12.0 Å². The van der Waals surface area contributed by atoms with Gasteiger partial charge in [-0.25, -0.2) is 5.26 Å². The highest BCUT2D eigenvalue weighted by Crippen LogP contribution is 2.46. The summed E-state index contributed by atoms with van der Waals surface area (Å²) >= 11 is 0.381. The third-order valence-corrected chi connectivity index (χ3v) is 9.52. The van der Waals surface area contributed by atoms with E-state index >= 15 is 0 Å². The van der Waals surface area contributed by atoms with E-state index in [1.54, 1.807) is 6.07 Å². The minimum atomic E-state index is -4.71. The average Bonchev–Trinajstić information content (AvgIpc) is 3.04. The number of aryl methyl sites for hydroxylation is 1. The van der Waals surface area contributed by atoms with Crippen LogP contribution in [0, 0.1) is 0 Å². The molecule has 5 rings (SSSR count). The van der Waals surface area contributed by atoms with E-state index in [0.29, 0.717) is 28.8 Å². The largest absolute Gasteiger partial charge is 0.505 e. The molecule has 5 aromatic carbocycles. The van der Waals surface area contributed by atoms with Crippen molar-refractivity contribution in [3.8, 4) is 5.75 Å². The van der Waals surface area contributed by atoms with Gasteiger partial charge in [-0.2, -0.15) is 21.9 Å². The number of benzene rings is 5. The first-order valence-corrected chi connectivity index (χ1v) is 17.6. The predicted molar refractivity (Wildman–Crippen MR) is 178 cm³/mol. The lowest BCUT2D eigenvalue weighted by atomic mass is 10.1. The van der Waals surface area contributed by atoms with E-state index in [1.165, 1.54) is 35.9 Å². The second kappa shape index (κ2) is 14.3. The van der Waals surface area contributed by atoms with Crippen LogP contribution in [0.15, 0.2) is 108 Å². The van der Waals surface area contributed by atoms with E-state index in [-0.39, 0.29) is 38.1 Å². The first-order chi connectivity index (χ1) is 22.8. The van der Waals surface area contributed by atoms with Gasteiger partial charge in [-0.1, -0.05) is 36.6 Å². The zero-order valence-corrected chi connectivity index (χ0v) is 27.3. The Morgan fingerprint density at radius 1 is 0.792 bits per heavy atom. The first-order valence-electron chi connectivity index (χ1n) is 14.0. The summed E-state index contributed by atoms with van der Waals surface area (Å²) in [7, 11) is -9.33. The van der Waals surface area contributed by atoms with Gasteiger partial charge in [0.2, 0.25) is 0 Å². The maximum atomic E-state index is 12.0. The van der Waals surface area contributed by atoms with Crippen LogP contribution in [-0.4, -0.2) is 36.3 Å². The fourth-order valence-electron chi connectivity index (χ4n) is 4.78. The summed E-state index contributed by atoms with van der Waals surface area (Å²) < 4.78 is 71.3. The molecule has 0 aromatic heterocycles. The topological polar surface area (TPSA) is 243 Å². The van der Waals surface area contributed by atoms with E-state index in [9.17, 15) is 31.0 Å². The molecule has 0 atom stereocenters. The molecule has 0 saturated carbocycles. The first kappa shape index (κ1) is 34.8. The number of hydrogen-bond acceptors (Lipinski definition) is 14. The molecule has 48 heavy (non-hydrogen) atoms. The van der Waals surface area contributed by atoms with Gasteiger partial charge < -0.3 is 10.8 Å². The summed E-state index contributed by atoms with van der Waals surface area (Å²) in [4.78, 5) is -1.06. The van der Waals surface area contributed by atoms with Crippen LogP contribution in [0.3, 0.4) is 0 Å². The molecule has 0 aliphatic heterocycles. The molecule has 0 saturated heterocycles. The summed E-state index contributed by atoms with van der Waals surface area (Å²) in [6, 6.07) is 17.9. The maximum absolute atomic E-state index is 12.0. The Balaban J connectivity index is 1.61. The van der Waals surface area contributed by atoms with Crippen molar-refractivity contribution in [3.63, 3.8) is 0 Å². The molecule has 0 fully saturated rings. The van der Waals surface area contributed by atoms with Gasteiger partial charge in [-0.05, 0) is 78.4 Å². The molecule has 18 heteroatoms. The molecular weight excluding hydrogens is 687 g/mol. The summed E-state index contributed by atoms with van der Waals surface area (Å²) in [5.41, 5.74) is 7.42. The van der Waals surface area contributed by atoms with E-state index in [2.05, 4.69) is 36.8 Å². The van der Waals surface area contributed by atoms with Gasteiger partial charge in [0.05, 0.1) is 44.6 Å². The van der Waals surface area contributed by atoms with Crippen molar-refractivity contribution in [3.05, 3.63) is 78.4 Å². The number of nitrogens with two attached hydrogens (primary N) is 1. The van der Waals surface area contributed by atoms with Crippen molar-refractivity contribution in [1.29, 1.82) is 0 Å². The summed E-state index contributed by atoms with van der Waals surface area (Å²) in [5, 5.41) is 41.2. The Kier molecular flexibility index (Phi) is 10.4. The third kappa shape index (κ3) is 7.77. The van der Waals surface area contributed by atoms with Crippen molar-refractivity contribution >= 4 is 82.3 Å². The molecule has 0 spiro atoms. The molecule has 0 radical (unpaired) electrons. The maximum Gasteiger partial charge on any atom is 0.296 e. The molecular formula is C30H27N5O10S3. The molecule has 0 heterocycles. The number of nitrogen functional groups attached to an aromatic ring is 1. The van der Waals surface area contributed by atoms with Crippen LogP contribution in [0.1, 0.15) is 25.3 Å². The van der Waals surface area contributed by atoms with E-state index in [0.717, 1.165) is 31.4 Å². The molecule has 0 unspecified atom stereocenters. The number of unbranched alkanes of at least 4 members (excludes halogenated alkanes) is 1. The SMILES string of the molecule is CCCCc1ccc(N=Nc2ccc(N=Nc3c(SOOO)cc4cc(S(=O)(=O)O)c(N)cc4c3O)c3cc(S(=O)(=O)O)ccc23)cc1. The number of azo groups is 2. The van der Waals surface area contributed by atoms with Gasteiger partial charge in [0.1, 0.15) is 10.6 Å². The summed E-state index contributed by atoms with van der Waals surface area (Å²) in [6.07, 6.45) is 3.10. The lowest BCUT2D eigenvalue weighted by Gasteiger charge is -2.11. The molecule has 0 bridgehead atoms. The van der Waals surface area contributed by atoms with E-state index in [1.807, 2.05) is 24.3 Å². The normalized spacial score (nSPS) is 12.6. The predicted octanol–water partition coefficient (Wildman–Crippen LogP) is 8.38. The number of rotatable bonds is 12. The third-order valence-electron chi connectivity index (χ3n) is 7.14. The number of phenolic OH excluding ortho intramolecular Hbond substituents is 1. The monoisotopic (exact) mass is 713 g/mol. The highest BCUT2D eigenvalue weighted by molar-refractivity contribution is 7.94. The van der Waals surface area contributed by atoms with Crippen LogP contribution in [0.4, 0.5) is 28.4 Å². The van der Waals surface area contributed by atoms with Gasteiger partial charge in [0, 0.05) is 16.2 Å². The van der Waals surface area contributed by atoms with Crippen LogP contribution < -0.4 is 5.73 Å². The van der Waals surface area contributed by atoms with E-state index in [4.69, 9.17) is 11.0 Å². The Morgan fingerprint density at radius 2 is 1.48 bits per heavy atom. The standard InChI is InChI=1S/C30H27N5O10S3/c1-2-3-4-17-5-7-19(8-6-17)32-33-25-11-12-26(23-15-20(47(38,39)40)9-10-21(23)25)34-35-29-27(46-45-44-37)13-18-14-28(48(41,42)43)24(31)16-22(18)30(29)36/h5-16,36-37H,2-4,31H2,1H3,(H,38,39,40)(H,41,42,43). The van der Waals surface area contributed by atoms with Crippen LogP contribution in [0.2, 0.25) is 0 Å². The van der Waals surface area contributed by atoms with Gasteiger partial charge in [0.25, 0.3) is 20.2 Å². The highest BCUT2D eigenvalue weighted by Gasteiger charge is 2.21. The zero-order chi connectivity index (χ0) is 34.6. The van der Waals surface area contributed by atoms with Crippen molar-refractivity contribution < 1.29 is 45.7 Å². The molecule has 0 aliphatic rings. The smallest absolute Gasteiger partial charge is 0.296 e. The quantitative estimate of drug-likeness (QED) is 0.0204. The Morgan fingerprint density at radius 3 is 2.12 bits per heavy atom. The van der Waals surface area contributed by atoms with E-state index < -0.39 is 35.8 Å². The van der Waals surface area contributed by atoms with Gasteiger partial charge >= 0.3 is 0 Å². The molecule has 15 nitrogen and oxygen atoms in total. The highest BCUT2D eigenvalue weighted by atomic mass is 32.2. The van der Waals surface area contributed by atoms with Crippen LogP contribution in [0.25, 0.3) is 21.5 Å². The molecule has 5 aromatic rings. The second-order valence-corrected chi connectivity index (χ2v) is 13.9. The molecule has 0 amide bonds. The van der Waals surface area contributed by atoms with Gasteiger partial charge in [0.15, 0.2) is 5.75 Å². The lowest BCUT2D eigenvalue weighted by Crippen LogP contribution is -2.03. The average molecular weight is 714 g/mol. The van der Waals surface area contributed by atoms with Crippen LogP contribution in [-0.2, 0) is 36.0 Å². The molecule has 0 aliphatic carbocycles. The number of aromatic hydroxyl groups is 1. The zero-order valence-electron chi connectivity index (χ0n) is 24.9. The fourth-order valence-corrected chi connectivity index (χ4v) is 6.42. The molecule has 6 N–H and O–H groups in total. The van der Waals surface area contributed by atoms with Gasteiger partial charge in [-0.15, -0.1) is 19.7 Å². The number of fused-ring (bicyclic) bond motifs is 2. The van der Waals surface area contributed by atoms with Crippen molar-refractivity contribution in [2.45, 2.75) is 40.9 Å². The lowest BCUT2D eigenvalue weighted by molar-refractivity contribution is -0.432. The summed E-state index contributed by atoms with van der Waals surface area (Å²) in [5.74, 6) is -0.539.